The fourth-order valence-electron chi connectivity index (χ4n) is 3.14. The lowest BCUT2D eigenvalue weighted by atomic mass is 9.99. The number of halogens is 2. The van der Waals surface area contributed by atoms with E-state index < -0.39 is 5.54 Å². The van der Waals surface area contributed by atoms with Crippen molar-refractivity contribution in [3.63, 3.8) is 0 Å². The smallest absolute Gasteiger partial charge is 0.240 e. The molecular formula is C14H27Cl2N5O. The van der Waals surface area contributed by atoms with E-state index in [0.717, 1.165) is 26.2 Å². The van der Waals surface area contributed by atoms with Crippen LogP contribution in [0.4, 0.5) is 0 Å². The van der Waals surface area contributed by atoms with E-state index in [1.165, 1.54) is 25.8 Å². The van der Waals surface area contributed by atoms with Gasteiger partial charge in [-0.05, 0) is 33.2 Å². The highest BCUT2D eigenvalue weighted by molar-refractivity contribution is 5.85. The van der Waals surface area contributed by atoms with Gasteiger partial charge in [-0.15, -0.1) is 24.8 Å². The van der Waals surface area contributed by atoms with Crippen molar-refractivity contribution in [2.24, 2.45) is 5.73 Å². The summed E-state index contributed by atoms with van der Waals surface area (Å²) in [6.07, 6.45) is 4.04. The van der Waals surface area contributed by atoms with Crippen LogP contribution in [0.3, 0.4) is 0 Å². The average Bonchev–Trinajstić information content (AvgIpc) is 2.87. The van der Waals surface area contributed by atoms with Gasteiger partial charge in [0.05, 0.1) is 12.1 Å². The van der Waals surface area contributed by atoms with E-state index >= 15 is 0 Å². The Balaban J connectivity index is 0.00000121. The predicted octanol–water partition coefficient (Wildman–Crippen LogP) is 1.78. The van der Waals surface area contributed by atoms with Gasteiger partial charge in [-0.25, -0.2) is 0 Å². The molecular weight excluding hydrogens is 325 g/mol. The third-order valence-electron chi connectivity index (χ3n) is 4.32. The lowest BCUT2D eigenvalue weighted by Gasteiger charge is -2.43. The van der Waals surface area contributed by atoms with Crippen LogP contribution < -0.4 is 5.73 Å². The van der Waals surface area contributed by atoms with Crippen molar-refractivity contribution in [2.75, 3.05) is 26.2 Å². The fraction of sp³-hybridized carbons (Fsp3) is 0.857. The van der Waals surface area contributed by atoms with Gasteiger partial charge >= 0.3 is 0 Å². The molecule has 2 fully saturated rings. The lowest BCUT2D eigenvalue weighted by molar-refractivity contribution is 0.0409. The lowest BCUT2D eigenvalue weighted by Crippen LogP contribution is -2.54. The van der Waals surface area contributed by atoms with Crippen molar-refractivity contribution in [3.05, 3.63) is 11.7 Å². The quantitative estimate of drug-likeness (QED) is 0.894. The molecule has 22 heavy (non-hydrogen) atoms. The van der Waals surface area contributed by atoms with Crippen LogP contribution in [0.1, 0.15) is 44.8 Å². The summed E-state index contributed by atoms with van der Waals surface area (Å²) in [6, 6.07) is 0.714. The Bertz CT molecular complexity index is 462. The van der Waals surface area contributed by atoms with Crippen LogP contribution in [-0.4, -0.2) is 52.2 Å². The summed E-state index contributed by atoms with van der Waals surface area (Å²) in [5, 5.41) is 3.99. The van der Waals surface area contributed by atoms with Gasteiger partial charge in [0.15, 0.2) is 5.82 Å². The summed E-state index contributed by atoms with van der Waals surface area (Å²) >= 11 is 0. The fourth-order valence-corrected chi connectivity index (χ4v) is 3.14. The number of nitrogens with zero attached hydrogens (tertiary/aromatic N) is 4. The second kappa shape index (κ2) is 7.93. The van der Waals surface area contributed by atoms with Gasteiger partial charge in [0.2, 0.25) is 5.89 Å². The molecule has 1 atom stereocenters. The molecule has 6 nitrogen and oxygen atoms in total. The van der Waals surface area contributed by atoms with Gasteiger partial charge in [-0.1, -0.05) is 11.6 Å². The zero-order valence-electron chi connectivity index (χ0n) is 13.3. The van der Waals surface area contributed by atoms with E-state index in [-0.39, 0.29) is 24.8 Å². The first-order valence-corrected chi connectivity index (χ1v) is 7.61. The number of fused-ring (bicyclic) bond motifs is 1. The van der Waals surface area contributed by atoms with E-state index in [1.54, 1.807) is 0 Å². The molecule has 0 bridgehead atoms. The molecule has 1 unspecified atom stereocenters. The molecule has 0 aromatic carbocycles. The number of piperazine rings is 1. The number of rotatable bonds is 3. The highest BCUT2D eigenvalue weighted by atomic mass is 35.5. The Morgan fingerprint density at radius 2 is 2.00 bits per heavy atom. The maximum atomic E-state index is 5.99. The average molecular weight is 352 g/mol. The van der Waals surface area contributed by atoms with E-state index in [2.05, 4.69) is 19.9 Å². The summed E-state index contributed by atoms with van der Waals surface area (Å²) in [5.74, 6) is 1.27. The van der Waals surface area contributed by atoms with Crippen LogP contribution in [0.2, 0.25) is 0 Å². The van der Waals surface area contributed by atoms with Crippen LogP contribution in [0, 0.1) is 0 Å². The van der Waals surface area contributed by atoms with Gasteiger partial charge in [-0.2, -0.15) is 4.98 Å². The normalized spacial score (nSPS) is 23.3. The standard InChI is InChI=1S/C14H25N5O.2ClH/c1-14(2,15)13-16-12(20-17-13)10-18-7-8-19-6-4-3-5-11(19)9-18;;/h11H,3-10,15H2,1-2H3;2*1H. The Labute approximate surface area is 144 Å². The zero-order chi connectivity index (χ0) is 14.2. The van der Waals surface area contributed by atoms with Crippen molar-refractivity contribution in [2.45, 2.75) is 51.2 Å². The number of hydrogen-bond acceptors (Lipinski definition) is 6. The summed E-state index contributed by atoms with van der Waals surface area (Å²) < 4.78 is 5.33. The van der Waals surface area contributed by atoms with Crippen molar-refractivity contribution < 1.29 is 4.52 Å². The molecule has 0 amide bonds. The van der Waals surface area contributed by atoms with Crippen molar-refractivity contribution in [1.29, 1.82) is 0 Å². The number of piperidine rings is 1. The predicted molar refractivity (Wildman–Crippen MR) is 90.5 cm³/mol. The maximum Gasteiger partial charge on any atom is 0.240 e. The first kappa shape index (κ1) is 19.6. The molecule has 3 heterocycles. The molecule has 2 aliphatic heterocycles. The molecule has 2 saturated heterocycles. The Morgan fingerprint density at radius 3 is 2.68 bits per heavy atom. The summed E-state index contributed by atoms with van der Waals surface area (Å²) in [4.78, 5) is 9.47. The number of aromatic nitrogens is 2. The largest absolute Gasteiger partial charge is 0.338 e. The molecule has 0 spiro atoms. The summed E-state index contributed by atoms with van der Waals surface area (Å²) in [6.45, 7) is 9.15. The van der Waals surface area contributed by atoms with Crippen LogP contribution in [0.15, 0.2) is 4.52 Å². The zero-order valence-corrected chi connectivity index (χ0v) is 15.0. The second-order valence-corrected chi connectivity index (χ2v) is 6.65. The summed E-state index contributed by atoms with van der Waals surface area (Å²) in [7, 11) is 0. The Hall–Kier alpha value is -0.400. The summed E-state index contributed by atoms with van der Waals surface area (Å²) in [5.41, 5.74) is 5.45. The molecule has 2 aliphatic rings. The van der Waals surface area contributed by atoms with E-state index in [4.69, 9.17) is 10.3 Å². The minimum Gasteiger partial charge on any atom is -0.338 e. The van der Waals surface area contributed by atoms with Gasteiger partial charge in [0, 0.05) is 25.7 Å². The molecule has 1 aromatic rings. The maximum absolute atomic E-state index is 5.99. The van der Waals surface area contributed by atoms with Gasteiger partial charge < -0.3 is 10.3 Å². The van der Waals surface area contributed by atoms with E-state index in [9.17, 15) is 0 Å². The van der Waals surface area contributed by atoms with Gasteiger partial charge in [0.1, 0.15) is 0 Å². The van der Waals surface area contributed by atoms with Crippen LogP contribution in [-0.2, 0) is 12.1 Å². The molecule has 3 rings (SSSR count). The monoisotopic (exact) mass is 351 g/mol. The van der Waals surface area contributed by atoms with E-state index in [0.29, 0.717) is 17.8 Å². The topological polar surface area (TPSA) is 71.4 Å². The molecule has 1 aromatic heterocycles. The third kappa shape index (κ3) is 4.55. The molecule has 8 heteroatoms. The van der Waals surface area contributed by atoms with Crippen molar-refractivity contribution in [1.82, 2.24) is 19.9 Å². The minimum absolute atomic E-state index is 0. The third-order valence-corrected chi connectivity index (χ3v) is 4.32. The molecule has 2 N–H and O–H groups in total. The Kier molecular flexibility index (Phi) is 7.08. The second-order valence-electron chi connectivity index (χ2n) is 6.65. The molecule has 0 radical (unpaired) electrons. The Morgan fingerprint density at radius 1 is 1.23 bits per heavy atom. The van der Waals surface area contributed by atoms with Crippen molar-refractivity contribution >= 4 is 24.8 Å². The SMILES string of the molecule is CC(C)(N)c1noc(CN2CCN3CCCCC3C2)n1.Cl.Cl. The van der Waals surface area contributed by atoms with Gasteiger partial charge in [-0.3, -0.25) is 9.80 Å². The highest BCUT2D eigenvalue weighted by Crippen LogP contribution is 2.22. The number of hydrogen-bond donors (Lipinski definition) is 1. The first-order chi connectivity index (χ1) is 9.52. The highest BCUT2D eigenvalue weighted by Gasteiger charge is 2.30. The van der Waals surface area contributed by atoms with Crippen LogP contribution in [0.25, 0.3) is 0 Å². The molecule has 0 saturated carbocycles. The number of nitrogens with two attached hydrogens (primary N) is 1. The molecule has 0 aliphatic carbocycles. The van der Waals surface area contributed by atoms with E-state index in [1.807, 2.05) is 13.8 Å². The minimum atomic E-state index is -0.538. The molecule has 128 valence electrons. The van der Waals surface area contributed by atoms with Crippen LogP contribution in [0.5, 0.6) is 0 Å². The van der Waals surface area contributed by atoms with Crippen LogP contribution >= 0.6 is 24.8 Å². The van der Waals surface area contributed by atoms with Gasteiger partial charge in [0.25, 0.3) is 0 Å². The first-order valence-electron chi connectivity index (χ1n) is 7.61. The van der Waals surface area contributed by atoms with Crippen molar-refractivity contribution in [3.8, 4) is 0 Å².